The van der Waals surface area contributed by atoms with Crippen LogP contribution in [0.4, 0.5) is 0 Å². The van der Waals surface area contributed by atoms with E-state index in [4.69, 9.17) is 9.47 Å². The number of carbonyl (C=O) groups excluding carboxylic acids is 1. The molecule has 0 atom stereocenters. The number of nitrogens with zero attached hydrogens (tertiary/aromatic N) is 1. The van der Waals surface area contributed by atoms with Crippen LogP contribution in [-0.4, -0.2) is 18.7 Å². The zero-order valence-corrected chi connectivity index (χ0v) is 19.7. The normalized spacial score (nSPS) is 11.0. The Labute approximate surface area is 201 Å². The fraction of sp³-hybridized carbons (Fsp3) is 0.111. The van der Waals surface area contributed by atoms with Crippen LogP contribution in [0.3, 0.4) is 0 Å². The predicted octanol–water partition coefficient (Wildman–Crippen LogP) is 6.34. The first kappa shape index (κ1) is 22.6. The van der Waals surface area contributed by atoms with Gasteiger partial charge < -0.3 is 9.47 Å². The molecule has 166 valence electrons. The molecule has 0 fully saturated rings. The molecule has 0 radical (unpaired) electrons. The summed E-state index contributed by atoms with van der Waals surface area (Å²) in [7, 11) is 0. The fourth-order valence-electron chi connectivity index (χ4n) is 3.39. The summed E-state index contributed by atoms with van der Waals surface area (Å²) in [6.07, 6.45) is 1.59. The number of rotatable bonds is 8. The summed E-state index contributed by atoms with van der Waals surface area (Å²) in [6.45, 7) is 2.96. The minimum Gasteiger partial charge on any atom is -0.494 e. The third-order valence-electron chi connectivity index (χ3n) is 5.03. The maximum absolute atomic E-state index is 12.2. The molecule has 0 unspecified atom stereocenters. The van der Waals surface area contributed by atoms with Gasteiger partial charge in [-0.25, -0.2) is 5.43 Å². The van der Waals surface area contributed by atoms with E-state index in [1.807, 2.05) is 43.3 Å². The highest BCUT2D eigenvalue weighted by Crippen LogP contribution is 2.27. The van der Waals surface area contributed by atoms with E-state index in [9.17, 15) is 4.79 Å². The maximum atomic E-state index is 12.2. The molecule has 4 rings (SSSR count). The Morgan fingerprint density at radius 2 is 1.76 bits per heavy atom. The van der Waals surface area contributed by atoms with E-state index in [-0.39, 0.29) is 5.91 Å². The quantitative estimate of drug-likeness (QED) is 0.225. The van der Waals surface area contributed by atoms with Gasteiger partial charge >= 0.3 is 0 Å². The number of amides is 1. The van der Waals surface area contributed by atoms with Gasteiger partial charge in [-0.3, -0.25) is 4.79 Å². The van der Waals surface area contributed by atoms with Gasteiger partial charge in [-0.1, -0.05) is 42.5 Å². The molecule has 0 aliphatic carbocycles. The van der Waals surface area contributed by atoms with Crippen LogP contribution in [0, 0.1) is 0 Å². The summed E-state index contributed by atoms with van der Waals surface area (Å²) in [4.78, 5) is 12.2. The van der Waals surface area contributed by atoms with Crippen LogP contribution in [0.2, 0.25) is 0 Å². The molecule has 6 heteroatoms. The average Bonchev–Trinajstić information content (AvgIpc) is 2.84. The zero-order chi connectivity index (χ0) is 23.0. The Morgan fingerprint density at radius 3 is 2.55 bits per heavy atom. The predicted molar refractivity (Wildman–Crippen MR) is 135 cm³/mol. The summed E-state index contributed by atoms with van der Waals surface area (Å²) in [6, 6.07) is 27.1. The Balaban J connectivity index is 1.36. The lowest BCUT2D eigenvalue weighted by Crippen LogP contribution is -2.17. The fourth-order valence-corrected chi connectivity index (χ4v) is 3.90. The van der Waals surface area contributed by atoms with Crippen molar-refractivity contribution in [1.82, 2.24) is 5.43 Å². The van der Waals surface area contributed by atoms with E-state index in [1.54, 1.807) is 30.5 Å². The summed E-state index contributed by atoms with van der Waals surface area (Å²) in [5.41, 5.74) is 5.00. The minimum absolute atomic E-state index is 0.289. The second kappa shape index (κ2) is 10.8. The Morgan fingerprint density at radius 1 is 0.970 bits per heavy atom. The van der Waals surface area contributed by atoms with Crippen LogP contribution >= 0.6 is 15.9 Å². The molecule has 4 aromatic rings. The molecule has 0 spiro atoms. The van der Waals surface area contributed by atoms with Gasteiger partial charge in [0.2, 0.25) is 0 Å². The molecule has 33 heavy (non-hydrogen) atoms. The highest BCUT2D eigenvalue weighted by molar-refractivity contribution is 9.10. The van der Waals surface area contributed by atoms with E-state index < -0.39 is 0 Å². The summed E-state index contributed by atoms with van der Waals surface area (Å²) in [5.74, 6) is 1.17. The van der Waals surface area contributed by atoms with Gasteiger partial charge in [0.15, 0.2) is 0 Å². The maximum Gasteiger partial charge on any atom is 0.271 e. The number of fused-ring (bicyclic) bond motifs is 1. The second-order valence-corrected chi connectivity index (χ2v) is 8.13. The number of halogens is 1. The lowest BCUT2D eigenvalue weighted by Gasteiger charge is -2.11. The first-order chi connectivity index (χ1) is 16.1. The Bertz CT molecular complexity index is 1280. The standard InChI is InChI=1S/C27H23BrN2O3/c1-2-32-23-13-11-21(12-14-23)27(31)30-29-17-19-10-15-26(25(28)16-19)33-18-22-8-5-7-20-6-3-4-9-24(20)22/h3-17H,2,18H2,1H3,(H,30,31)/b29-17-. The first-order valence-electron chi connectivity index (χ1n) is 10.6. The van der Waals surface area contributed by atoms with Crippen LogP contribution in [0.1, 0.15) is 28.4 Å². The molecule has 0 saturated carbocycles. The molecule has 0 heterocycles. The molecule has 0 aliphatic rings. The van der Waals surface area contributed by atoms with Gasteiger partial charge in [-0.05, 0) is 87.2 Å². The van der Waals surface area contributed by atoms with Gasteiger partial charge in [-0.15, -0.1) is 0 Å². The van der Waals surface area contributed by atoms with Gasteiger partial charge in [0.1, 0.15) is 18.1 Å². The van der Waals surface area contributed by atoms with Crippen molar-refractivity contribution >= 4 is 38.8 Å². The number of carbonyl (C=O) groups is 1. The number of hydrogen-bond donors (Lipinski definition) is 1. The lowest BCUT2D eigenvalue weighted by molar-refractivity contribution is 0.0955. The molecular formula is C27H23BrN2O3. The highest BCUT2D eigenvalue weighted by atomic mass is 79.9. The first-order valence-corrected chi connectivity index (χ1v) is 11.4. The van der Waals surface area contributed by atoms with Crippen molar-refractivity contribution in [2.24, 2.45) is 5.10 Å². The van der Waals surface area contributed by atoms with E-state index >= 15 is 0 Å². The van der Waals surface area contributed by atoms with Crippen molar-refractivity contribution in [3.63, 3.8) is 0 Å². The molecule has 4 aromatic carbocycles. The number of benzene rings is 4. The molecule has 1 N–H and O–H groups in total. The molecule has 0 aromatic heterocycles. The van der Waals surface area contributed by atoms with Crippen molar-refractivity contribution < 1.29 is 14.3 Å². The van der Waals surface area contributed by atoms with Crippen molar-refractivity contribution in [3.05, 3.63) is 106 Å². The zero-order valence-electron chi connectivity index (χ0n) is 18.1. The van der Waals surface area contributed by atoms with E-state index in [2.05, 4.69) is 50.7 Å². The molecule has 1 amide bonds. The number of hydrogen-bond acceptors (Lipinski definition) is 4. The Hall–Kier alpha value is -3.64. The van der Waals surface area contributed by atoms with Crippen LogP contribution < -0.4 is 14.9 Å². The summed E-state index contributed by atoms with van der Waals surface area (Å²) < 4.78 is 12.2. The number of ether oxygens (including phenoxy) is 2. The largest absolute Gasteiger partial charge is 0.494 e. The summed E-state index contributed by atoms with van der Waals surface area (Å²) in [5, 5.41) is 6.43. The molecule has 0 saturated heterocycles. The van der Waals surface area contributed by atoms with Gasteiger partial charge in [0.05, 0.1) is 17.3 Å². The van der Waals surface area contributed by atoms with Gasteiger partial charge in [0.25, 0.3) is 5.91 Å². The molecule has 0 aliphatic heterocycles. The van der Waals surface area contributed by atoms with Crippen molar-refractivity contribution in [1.29, 1.82) is 0 Å². The van der Waals surface area contributed by atoms with E-state index in [0.717, 1.165) is 27.1 Å². The van der Waals surface area contributed by atoms with Crippen molar-refractivity contribution in [2.75, 3.05) is 6.61 Å². The Kier molecular flexibility index (Phi) is 7.37. The molecule has 5 nitrogen and oxygen atoms in total. The van der Waals surface area contributed by atoms with Crippen LogP contribution in [-0.2, 0) is 6.61 Å². The third kappa shape index (κ3) is 5.79. The van der Waals surface area contributed by atoms with Crippen LogP contribution in [0.15, 0.2) is 94.5 Å². The minimum atomic E-state index is -0.289. The average molecular weight is 503 g/mol. The smallest absolute Gasteiger partial charge is 0.271 e. The summed E-state index contributed by atoms with van der Waals surface area (Å²) >= 11 is 3.56. The molecule has 0 bridgehead atoms. The SMILES string of the molecule is CCOc1ccc(C(=O)N/N=C\c2ccc(OCc3cccc4ccccc34)c(Br)c2)cc1. The van der Waals surface area contributed by atoms with Gasteiger partial charge in [-0.2, -0.15) is 5.10 Å². The topological polar surface area (TPSA) is 59.9 Å². The second-order valence-electron chi connectivity index (χ2n) is 7.27. The number of hydrazone groups is 1. The van der Waals surface area contributed by atoms with Crippen molar-refractivity contribution in [2.45, 2.75) is 13.5 Å². The third-order valence-corrected chi connectivity index (χ3v) is 5.65. The highest BCUT2D eigenvalue weighted by Gasteiger charge is 2.06. The monoisotopic (exact) mass is 502 g/mol. The lowest BCUT2D eigenvalue weighted by atomic mass is 10.1. The van der Waals surface area contributed by atoms with E-state index in [0.29, 0.717) is 18.8 Å². The van der Waals surface area contributed by atoms with Crippen LogP contribution in [0.25, 0.3) is 10.8 Å². The van der Waals surface area contributed by atoms with Crippen molar-refractivity contribution in [3.8, 4) is 11.5 Å². The van der Waals surface area contributed by atoms with E-state index in [1.165, 1.54) is 10.8 Å². The molecular weight excluding hydrogens is 480 g/mol. The number of nitrogens with one attached hydrogen (secondary N) is 1. The van der Waals surface area contributed by atoms with Crippen LogP contribution in [0.5, 0.6) is 11.5 Å². The van der Waals surface area contributed by atoms with Gasteiger partial charge in [0, 0.05) is 5.56 Å².